The molecule has 0 bridgehead atoms. The fourth-order valence-electron chi connectivity index (χ4n) is 1.40. The van der Waals surface area contributed by atoms with Crippen molar-refractivity contribution < 1.29 is 4.74 Å². The molecular formula is C12H18Cl3NO. The Morgan fingerprint density at radius 1 is 1.35 bits per heavy atom. The molecule has 0 saturated carbocycles. The van der Waals surface area contributed by atoms with Crippen molar-refractivity contribution in [2.75, 3.05) is 13.6 Å². The summed E-state index contributed by atoms with van der Waals surface area (Å²) in [6.07, 6.45) is 2.11. The summed E-state index contributed by atoms with van der Waals surface area (Å²) in [5.74, 6) is 0.703. The minimum absolute atomic E-state index is 0. The van der Waals surface area contributed by atoms with E-state index in [1.54, 1.807) is 12.1 Å². The van der Waals surface area contributed by atoms with Crippen LogP contribution in [0.5, 0.6) is 5.75 Å². The van der Waals surface area contributed by atoms with Gasteiger partial charge in [-0.3, -0.25) is 0 Å². The van der Waals surface area contributed by atoms with E-state index in [2.05, 4.69) is 12.2 Å². The van der Waals surface area contributed by atoms with Crippen LogP contribution in [0.1, 0.15) is 19.8 Å². The summed E-state index contributed by atoms with van der Waals surface area (Å²) in [4.78, 5) is 0. The van der Waals surface area contributed by atoms with Crippen molar-refractivity contribution in [3.63, 3.8) is 0 Å². The van der Waals surface area contributed by atoms with Crippen molar-refractivity contribution in [3.8, 4) is 5.75 Å². The van der Waals surface area contributed by atoms with Gasteiger partial charge < -0.3 is 10.1 Å². The Labute approximate surface area is 119 Å². The predicted molar refractivity (Wildman–Crippen MR) is 77.0 cm³/mol. The molecule has 0 saturated heterocycles. The molecule has 1 atom stereocenters. The van der Waals surface area contributed by atoms with Crippen molar-refractivity contribution in [3.05, 3.63) is 28.2 Å². The Morgan fingerprint density at radius 2 is 2.06 bits per heavy atom. The molecule has 1 aromatic rings. The maximum atomic E-state index is 6.04. The molecule has 0 spiro atoms. The van der Waals surface area contributed by atoms with Crippen molar-refractivity contribution in [2.45, 2.75) is 25.9 Å². The number of benzene rings is 1. The largest absolute Gasteiger partial charge is 0.489 e. The predicted octanol–water partition coefficient (Wildman–Crippen LogP) is 4.18. The third-order valence-corrected chi connectivity index (χ3v) is 2.89. The number of hydrogen-bond donors (Lipinski definition) is 1. The fourth-order valence-corrected chi connectivity index (χ4v) is 1.86. The molecule has 0 aliphatic carbocycles. The summed E-state index contributed by atoms with van der Waals surface area (Å²) in [5.41, 5.74) is 0. The Balaban J connectivity index is 0.00000256. The molecule has 1 unspecified atom stereocenters. The zero-order chi connectivity index (χ0) is 12.0. The van der Waals surface area contributed by atoms with E-state index in [-0.39, 0.29) is 18.5 Å². The van der Waals surface area contributed by atoms with Crippen LogP contribution in [0.4, 0.5) is 0 Å². The lowest BCUT2D eigenvalue weighted by Crippen LogP contribution is -2.21. The van der Waals surface area contributed by atoms with E-state index in [0.29, 0.717) is 15.8 Å². The lowest BCUT2D eigenvalue weighted by atomic mass is 10.2. The van der Waals surface area contributed by atoms with Crippen molar-refractivity contribution in [1.29, 1.82) is 0 Å². The van der Waals surface area contributed by atoms with E-state index in [1.165, 1.54) is 0 Å². The van der Waals surface area contributed by atoms with Crippen LogP contribution in [-0.4, -0.2) is 19.7 Å². The van der Waals surface area contributed by atoms with Crippen LogP contribution in [-0.2, 0) is 0 Å². The van der Waals surface area contributed by atoms with Gasteiger partial charge in [-0.25, -0.2) is 0 Å². The molecule has 0 aliphatic heterocycles. The molecule has 0 aromatic heterocycles. The Hall–Kier alpha value is -0.150. The number of rotatable bonds is 6. The second-order valence-corrected chi connectivity index (χ2v) is 4.46. The van der Waals surface area contributed by atoms with Crippen molar-refractivity contribution in [2.24, 2.45) is 0 Å². The number of halogens is 3. The first-order chi connectivity index (χ1) is 7.67. The third-order valence-electron chi connectivity index (χ3n) is 2.36. The molecule has 0 radical (unpaired) electrons. The Morgan fingerprint density at radius 3 is 2.59 bits per heavy atom. The van der Waals surface area contributed by atoms with Gasteiger partial charge in [0.05, 0.1) is 11.1 Å². The maximum Gasteiger partial charge on any atom is 0.138 e. The molecule has 17 heavy (non-hydrogen) atoms. The SMILES string of the molecule is CCC(CCNC)Oc1ccc(Cl)cc1Cl.Cl. The first kappa shape index (κ1) is 16.9. The van der Waals surface area contributed by atoms with Gasteiger partial charge in [0, 0.05) is 5.02 Å². The highest BCUT2D eigenvalue weighted by Crippen LogP contribution is 2.29. The third kappa shape index (κ3) is 5.82. The molecule has 98 valence electrons. The summed E-state index contributed by atoms with van der Waals surface area (Å²) in [5, 5.41) is 4.30. The van der Waals surface area contributed by atoms with Gasteiger partial charge in [0.25, 0.3) is 0 Å². The second kappa shape index (κ2) is 8.87. The van der Waals surface area contributed by atoms with Crippen LogP contribution in [0.25, 0.3) is 0 Å². The van der Waals surface area contributed by atoms with E-state index in [9.17, 15) is 0 Å². The van der Waals surface area contributed by atoms with Gasteiger partial charge in [0.2, 0.25) is 0 Å². The number of nitrogens with one attached hydrogen (secondary N) is 1. The van der Waals surface area contributed by atoms with Crippen LogP contribution in [0.2, 0.25) is 10.0 Å². The van der Waals surface area contributed by atoms with E-state index in [1.807, 2.05) is 13.1 Å². The van der Waals surface area contributed by atoms with Gasteiger partial charge in [-0.05, 0) is 44.6 Å². The molecule has 0 fully saturated rings. The molecule has 1 aromatic carbocycles. The van der Waals surface area contributed by atoms with Crippen LogP contribution in [0, 0.1) is 0 Å². The lowest BCUT2D eigenvalue weighted by Gasteiger charge is -2.18. The highest BCUT2D eigenvalue weighted by Gasteiger charge is 2.10. The maximum absolute atomic E-state index is 6.04. The van der Waals surface area contributed by atoms with Crippen LogP contribution in [0.3, 0.4) is 0 Å². The van der Waals surface area contributed by atoms with Gasteiger partial charge in [0.15, 0.2) is 0 Å². The molecule has 5 heteroatoms. The minimum Gasteiger partial charge on any atom is -0.489 e. The van der Waals surface area contributed by atoms with E-state index in [4.69, 9.17) is 27.9 Å². The lowest BCUT2D eigenvalue weighted by molar-refractivity contribution is 0.187. The second-order valence-electron chi connectivity index (χ2n) is 3.62. The highest BCUT2D eigenvalue weighted by atomic mass is 35.5. The van der Waals surface area contributed by atoms with Crippen LogP contribution in [0.15, 0.2) is 18.2 Å². The normalized spacial score (nSPS) is 11.8. The van der Waals surface area contributed by atoms with Crippen molar-refractivity contribution >= 4 is 35.6 Å². The Kier molecular flexibility index (Phi) is 8.79. The monoisotopic (exact) mass is 297 g/mol. The highest BCUT2D eigenvalue weighted by molar-refractivity contribution is 6.35. The molecular weight excluding hydrogens is 280 g/mol. The van der Waals surface area contributed by atoms with E-state index < -0.39 is 0 Å². The van der Waals surface area contributed by atoms with Gasteiger partial charge in [-0.1, -0.05) is 30.1 Å². The Bertz CT molecular complexity index is 334. The minimum atomic E-state index is 0. The van der Waals surface area contributed by atoms with Crippen LogP contribution < -0.4 is 10.1 Å². The average Bonchev–Trinajstić information content (AvgIpc) is 2.27. The molecule has 1 N–H and O–H groups in total. The molecule has 0 amide bonds. The van der Waals surface area contributed by atoms with Gasteiger partial charge in [-0.2, -0.15) is 0 Å². The summed E-state index contributed by atoms with van der Waals surface area (Å²) >= 11 is 11.9. The van der Waals surface area contributed by atoms with Gasteiger partial charge >= 0.3 is 0 Å². The van der Waals surface area contributed by atoms with Crippen molar-refractivity contribution in [1.82, 2.24) is 5.32 Å². The summed E-state index contributed by atoms with van der Waals surface area (Å²) < 4.78 is 5.82. The standard InChI is InChI=1S/C12H17Cl2NO.ClH/c1-3-10(6-7-15-2)16-12-5-4-9(13)8-11(12)14;/h4-5,8,10,15H,3,6-7H2,1-2H3;1H. The summed E-state index contributed by atoms with van der Waals surface area (Å²) in [6, 6.07) is 5.30. The zero-order valence-electron chi connectivity index (χ0n) is 10.0. The first-order valence-corrected chi connectivity index (χ1v) is 6.19. The summed E-state index contributed by atoms with van der Waals surface area (Å²) in [6.45, 7) is 3.04. The van der Waals surface area contributed by atoms with Gasteiger partial charge in [-0.15, -0.1) is 12.4 Å². The first-order valence-electron chi connectivity index (χ1n) is 5.43. The van der Waals surface area contributed by atoms with E-state index in [0.717, 1.165) is 19.4 Å². The smallest absolute Gasteiger partial charge is 0.138 e. The number of ether oxygens (including phenoxy) is 1. The fraction of sp³-hybridized carbons (Fsp3) is 0.500. The van der Waals surface area contributed by atoms with Gasteiger partial charge in [0.1, 0.15) is 5.75 Å². The van der Waals surface area contributed by atoms with Crippen LogP contribution >= 0.6 is 35.6 Å². The molecule has 2 nitrogen and oxygen atoms in total. The summed E-state index contributed by atoms with van der Waals surface area (Å²) in [7, 11) is 1.93. The zero-order valence-corrected chi connectivity index (χ0v) is 12.3. The topological polar surface area (TPSA) is 21.3 Å². The quantitative estimate of drug-likeness (QED) is 0.850. The molecule has 1 rings (SSSR count). The molecule has 0 aliphatic rings. The molecule has 0 heterocycles. The van der Waals surface area contributed by atoms with E-state index >= 15 is 0 Å². The average molecular weight is 299 g/mol. The number of hydrogen-bond acceptors (Lipinski definition) is 2.